The van der Waals surface area contributed by atoms with Crippen molar-refractivity contribution in [3.63, 3.8) is 0 Å². The lowest BCUT2D eigenvalue weighted by Crippen LogP contribution is -2.41. The fourth-order valence-electron chi connectivity index (χ4n) is 4.57. The summed E-state index contributed by atoms with van der Waals surface area (Å²) in [7, 11) is 1.60. The van der Waals surface area contributed by atoms with Crippen LogP contribution in [-0.2, 0) is 14.4 Å². The van der Waals surface area contributed by atoms with Crippen molar-refractivity contribution in [1.82, 2.24) is 0 Å². The Kier molecular flexibility index (Phi) is 4.92. The fraction of sp³-hybridized carbons (Fsp3) is 0.200. The Morgan fingerprint density at radius 2 is 1.62 bits per heavy atom. The summed E-state index contributed by atoms with van der Waals surface area (Å²) < 4.78 is 5.29. The standard InChI is InChI=1S/C25H21ClN2O4/c1-25-21(16-11-13-20(31-2)14-12-16)28(18-8-4-3-5-9-18)32-22(25)23(29)27(24(25)30)19-10-6-7-17(26)15-19/h3-15,21-22H,1-2H3/t21-,22-,25-/m1/s1. The van der Waals surface area contributed by atoms with Gasteiger partial charge in [-0.2, -0.15) is 0 Å². The van der Waals surface area contributed by atoms with Gasteiger partial charge in [0.1, 0.15) is 11.2 Å². The Morgan fingerprint density at radius 3 is 2.28 bits per heavy atom. The van der Waals surface area contributed by atoms with Crippen LogP contribution in [0.15, 0.2) is 78.9 Å². The number of carbonyl (C=O) groups excluding carboxylic acids is 2. The van der Waals surface area contributed by atoms with Gasteiger partial charge >= 0.3 is 0 Å². The molecule has 2 heterocycles. The van der Waals surface area contributed by atoms with Crippen LogP contribution in [0.1, 0.15) is 18.5 Å². The van der Waals surface area contributed by atoms with Crippen molar-refractivity contribution in [3.8, 4) is 5.75 Å². The molecule has 7 heteroatoms. The van der Waals surface area contributed by atoms with Crippen LogP contribution >= 0.6 is 11.6 Å². The van der Waals surface area contributed by atoms with Crippen LogP contribution in [0.4, 0.5) is 11.4 Å². The third-order valence-electron chi connectivity index (χ3n) is 6.18. The molecule has 0 N–H and O–H groups in total. The van der Waals surface area contributed by atoms with Gasteiger partial charge in [-0.15, -0.1) is 0 Å². The van der Waals surface area contributed by atoms with E-state index in [1.165, 1.54) is 4.90 Å². The molecule has 3 aromatic rings. The van der Waals surface area contributed by atoms with Gasteiger partial charge in [-0.05, 0) is 55.0 Å². The van der Waals surface area contributed by atoms with Gasteiger partial charge in [-0.1, -0.05) is 48.0 Å². The molecule has 2 amide bonds. The van der Waals surface area contributed by atoms with E-state index in [4.69, 9.17) is 21.2 Å². The summed E-state index contributed by atoms with van der Waals surface area (Å²) in [5.74, 6) is -0.0271. The monoisotopic (exact) mass is 448 g/mol. The van der Waals surface area contributed by atoms with Crippen molar-refractivity contribution in [2.45, 2.75) is 19.1 Å². The van der Waals surface area contributed by atoms with E-state index in [1.807, 2.05) is 54.6 Å². The lowest BCUT2D eigenvalue weighted by molar-refractivity contribution is -0.128. The van der Waals surface area contributed by atoms with E-state index >= 15 is 0 Å². The van der Waals surface area contributed by atoms with E-state index < -0.39 is 23.5 Å². The summed E-state index contributed by atoms with van der Waals surface area (Å²) in [5, 5.41) is 2.13. The molecule has 0 bridgehead atoms. The zero-order valence-electron chi connectivity index (χ0n) is 17.6. The predicted octanol–water partition coefficient (Wildman–Crippen LogP) is 4.79. The lowest BCUT2D eigenvalue weighted by Gasteiger charge is -2.32. The number of carbonyl (C=O) groups is 2. The van der Waals surface area contributed by atoms with Gasteiger partial charge < -0.3 is 4.74 Å². The van der Waals surface area contributed by atoms with Gasteiger partial charge in [-0.3, -0.25) is 14.4 Å². The maximum atomic E-state index is 13.8. The summed E-state index contributed by atoms with van der Waals surface area (Å²) in [4.78, 5) is 34.7. The molecule has 0 saturated carbocycles. The number of hydrogen-bond donors (Lipinski definition) is 0. The number of imide groups is 1. The van der Waals surface area contributed by atoms with Crippen LogP contribution in [0.3, 0.4) is 0 Å². The van der Waals surface area contributed by atoms with Crippen LogP contribution in [-0.4, -0.2) is 25.0 Å². The second kappa shape index (κ2) is 7.65. The molecule has 2 saturated heterocycles. The average Bonchev–Trinajstić information content (AvgIpc) is 3.22. The van der Waals surface area contributed by atoms with Gasteiger partial charge in [0.2, 0.25) is 5.91 Å². The predicted molar refractivity (Wildman–Crippen MR) is 122 cm³/mol. The molecule has 0 spiro atoms. The number of methoxy groups -OCH3 is 1. The van der Waals surface area contributed by atoms with Gasteiger partial charge in [0.05, 0.1) is 24.5 Å². The molecule has 0 aromatic heterocycles. The van der Waals surface area contributed by atoms with Gasteiger partial charge in [-0.25, -0.2) is 9.96 Å². The molecule has 6 nitrogen and oxygen atoms in total. The average molecular weight is 449 g/mol. The molecule has 5 rings (SSSR count). The quantitative estimate of drug-likeness (QED) is 0.537. The molecular formula is C25H21ClN2O4. The summed E-state index contributed by atoms with van der Waals surface area (Å²) >= 11 is 6.13. The summed E-state index contributed by atoms with van der Waals surface area (Å²) in [6, 6.07) is 23.1. The molecule has 0 unspecified atom stereocenters. The molecule has 3 aromatic carbocycles. The normalized spacial score (nSPS) is 24.7. The van der Waals surface area contributed by atoms with Crippen LogP contribution in [0.5, 0.6) is 5.75 Å². The van der Waals surface area contributed by atoms with Crippen molar-refractivity contribution < 1.29 is 19.2 Å². The number of hydroxylamine groups is 1. The van der Waals surface area contributed by atoms with Crippen molar-refractivity contribution >= 4 is 34.8 Å². The van der Waals surface area contributed by atoms with Crippen LogP contribution in [0, 0.1) is 5.41 Å². The Bertz CT molecular complexity index is 1180. The number of fused-ring (bicyclic) bond motifs is 1. The van der Waals surface area contributed by atoms with Crippen LogP contribution in [0.2, 0.25) is 5.02 Å². The number of nitrogens with zero attached hydrogens (tertiary/aromatic N) is 2. The van der Waals surface area contributed by atoms with Gasteiger partial charge in [0.25, 0.3) is 5.91 Å². The number of para-hydroxylation sites is 1. The molecule has 3 atom stereocenters. The van der Waals surface area contributed by atoms with E-state index in [0.29, 0.717) is 16.5 Å². The highest BCUT2D eigenvalue weighted by Gasteiger charge is 2.68. The Balaban J connectivity index is 1.63. The third kappa shape index (κ3) is 2.98. The number of ether oxygens (including phenoxy) is 1. The first-order chi connectivity index (χ1) is 15.4. The molecule has 0 aliphatic carbocycles. The number of halogens is 1. The zero-order chi connectivity index (χ0) is 22.5. The molecular weight excluding hydrogens is 428 g/mol. The van der Waals surface area contributed by atoms with E-state index in [-0.39, 0.29) is 5.91 Å². The molecule has 2 aliphatic heterocycles. The molecule has 2 fully saturated rings. The molecule has 162 valence electrons. The van der Waals surface area contributed by atoms with Crippen molar-refractivity contribution in [2.24, 2.45) is 5.41 Å². The third-order valence-corrected chi connectivity index (χ3v) is 6.42. The van der Waals surface area contributed by atoms with E-state index in [9.17, 15) is 9.59 Å². The highest BCUT2D eigenvalue weighted by Crippen LogP contribution is 2.55. The zero-order valence-corrected chi connectivity index (χ0v) is 18.3. The van der Waals surface area contributed by atoms with E-state index in [0.717, 1.165) is 11.3 Å². The number of benzene rings is 3. The second-order valence-corrected chi connectivity index (χ2v) is 8.50. The van der Waals surface area contributed by atoms with E-state index in [1.54, 1.807) is 43.4 Å². The minimum absolute atomic E-state index is 0.325. The molecule has 32 heavy (non-hydrogen) atoms. The Labute approximate surface area is 190 Å². The van der Waals surface area contributed by atoms with E-state index in [2.05, 4.69) is 0 Å². The fourth-order valence-corrected chi connectivity index (χ4v) is 4.76. The first-order valence-corrected chi connectivity index (χ1v) is 10.6. The van der Waals surface area contributed by atoms with Crippen molar-refractivity contribution in [2.75, 3.05) is 17.1 Å². The molecule has 0 radical (unpaired) electrons. The maximum absolute atomic E-state index is 13.8. The maximum Gasteiger partial charge on any atom is 0.266 e. The molecule has 2 aliphatic rings. The van der Waals surface area contributed by atoms with Gasteiger partial charge in [0, 0.05) is 5.02 Å². The number of hydrogen-bond acceptors (Lipinski definition) is 5. The van der Waals surface area contributed by atoms with Crippen LogP contribution < -0.4 is 14.7 Å². The first kappa shape index (κ1) is 20.5. The Hall–Kier alpha value is -3.35. The first-order valence-electron chi connectivity index (χ1n) is 10.2. The van der Waals surface area contributed by atoms with Crippen LogP contribution in [0.25, 0.3) is 0 Å². The number of amides is 2. The topological polar surface area (TPSA) is 59.1 Å². The number of rotatable bonds is 4. The SMILES string of the molecule is COc1ccc([C@H]2N(c3ccccc3)O[C@@H]3C(=O)N(c4cccc(Cl)c4)C(=O)[C@@]32C)cc1. The summed E-state index contributed by atoms with van der Waals surface area (Å²) in [5.41, 5.74) is 0.892. The minimum Gasteiger partial charge on any atom is -0.497 e. The largest absolute Gasteiger partial charge is 0.497 e. The highest BCUT2D eigenvalue weighted by molar-refractivity contribution is 6.31. The number of anilines is 2. The van der Waals surface area contributed by atoms with Gasteiger partial charge in [0.15, 0.2) is 6.10 Å². The smallest absolute Gasteiger partial charge is 0.266 e. The highest BCUT2D eigenvalue weighted by atomic mass is 35.5. The lowest BCUT2D eigenvalue weighted by atomic mass is 9.76. The van der Waals surface area contributed by atoms with Crippen molar-refractivity contribution in [1.29, 1.82) is 0 Å². The second-order valence-electron chi connectivity index (χ2n) is 8.06. The summed E-state index contributed by atoms with van der Waals surface area (Å²) in [6.45, 7) is 1.79. The van der Waals surface area contributed by atoms with Crippen molar-refractivity contribution in [3.05, 3.63) is 89.4 Å². The summed E-state index contributed by atoms with van der Waals surface area (Å²) in [6.07, 6.45) is -0.971. The Morgan fingerprint density at radius 1 is 0.938 bits per heavy atom. The minimum atomic E-state index is -1.15.